The highest BCUT2D eigenvalue weighted by Gasteiger charge is 2.21. The van der Waals surface area contributed by atoms with Crippen molar-refractivity contribution in [3.05, 3.63) is 55.9 Å². The SMILES string of the molecule is Cc1ccc(NC(=O)CCc2nc3sc4c(c3c(=O)[nH]2)CCC4)cc1C. The lowest BCUT2D eigenvalue weighted by Crippen LogP contribution is -2.16. The van der Waals surface area contributed by atoms with Crippen molar-refractivity contribution in [3.8, 4) is 0 Å². The number of hydrogen-bond acceptors (Lipinski definition) is 4. The first-order chi connectivity index (χ1) is 12.5. The Morgan fingerprint density at radius 2 is 2.12 bits per heavy atom. The number of amides is 1. The predicted molar refractivity (Wildman–Crippen MR) is 105 cm³/mol. The van der Waals surface area contributed by atoms with E-state index in [-0.39, 0.29) is 17.9 Å². The van der Waals surface area contributed by atoms with Gasteiger partial charge in [-0.25, -0.2) is 4.98 Å². The number of rotatable bonds is 4. The van der Waals surface area contributed by atoms with E-state index in [4.69, 9.17) is 0 Å². The van der Waals surface area contributed by atoms with Crippen molar-refractivity contribution in [1.29, 1.82) is 0 Å². The van der Waals surface area contributed by atoms with E-state index in [9.17, 15) is 9.59 Å². The maximum absolute atomic E-state index is 12.4. The van der Waals surface area contributed by atoms with E-state index in [1.165, 1.54) is 16.0 Å². The smallest absolute Gasteiger partial charge is 0.259 e. The molecule has 2 aromatic heterocycles. The molecule has 1 amide bonds. The zero-order chi connectivity index (χ0) is 18.3. The third-order valence-electron chi connectivity index (χ3n) is 5.00. The largest absolute Gasteiger partial charge is 0.326 e. The molecule has 2 heterocycles. The fourth-order valence-electron chi connectivity index (χ4n) is 3.44. The van der Waals surface area contributed by atoms with Crippen molar-refractivity contribution in [1.82, 2.24) is 9.97 Å². The second kappa shape index (κ2) is 6.68. The fourth-order valence-corrected chi connectivity index (χ4v) is 4.72. The first-order valence-electron chi connectivity index (χ1n) is 8.92. The van der Waals surface area contributed by atoms with Crippen LogP contribution < -0.4 is 10.9 Å². The van der Waals surface area contributed by atoms with Crippen molar-refractivity contribution in [2.45, 2.75) is 46.0 Å². The molecular formula is C20H21N3O2S. The van der Waals surface area contributed by atoms with Gasteiger partial charge in [0.25, 0.3) is 5.56 Å². The average Bonchev–Trinajstić information content (AvgIpc) is 3.17. The minimum Gasteiger partial charge on any atom is -0.326 e. The fraction of sp³-hybridized carbons (Fsp3) is 0.350. The van der Waals surface area contributed by atoms with E-state index in [1.54, 1.807) is 11.3 Å². The van der Waals surface area contributed by atoms with E-state index < -0.39 is 0 Å². The van der Waals surface area contributed by atoms with Crippen LogP contribution in [0.1, 0.15) is 40.2 Å². The van der Waals surface area contributed by atoms with Gasteiger partial charge in [-0.15, -0.1) is 11.3 Å². The topological polar surface area (TPSA) is 74.8 Å². The van der Waals surface area contributed by atoms with Crippen molar-refractivity contribution < 1.29 is 4.79 Å². The number of aromatic amines is 1. The van der Waals surface area contributed by atoms with E-state index in [2.05, 4.69) is 15.3 Å². The number of benzene rings is 1. The summed E-state index contributed by atoms with van der Waals surface area (Å²) < 4.78 is 0. The maximum Gasteiger partial charge on any atom is 0.259 e. The van der Waals surface area contributed by atoms with Gasteiger partial charge >= 0.3 is 0 Å². The number of aryl methyl sites for hydroxylation is 5. The van der Waals surface area contributed by atoms with Crippen LogP contribution in [-0.4, -0.2) is 15.9 Å². The molecule has 0 atom stereocenters. The van der Waals surface area contributed by atoms with Crippen LogP contribution >= 0.6 is 11.3 Å². The number of carbonyl (C=O) groups excluding carboxylic acids is 1. The molecule has 0 unspecified atom stereocenters. The number of hydrogen-bond donors (Lipinski definition) is 2. The van der Waals surface area contributed by atoms with Gasteiger partial charge < -0.3 is 10.3 Å². The Morgan fingerprint density at radius 1 is 1.27 bits per heavy atom. The molecule has 1 aliphatic carbocycles. The first-order valence-corrected chi connectivity index (χ1v) is 9.73. The van der Waals surface area contributed by atoms with Crippen LogP contribution in [0, 0.1) is 13.8 Å². The number of nitrogens with one attached hydrogen (secondary N) is 2. The Hall–Kier alpha value is -2.47. The maximum atomic E-state index is 12.4. The van der Waals surface area contributed by atoms with Gasteiger partial charge in [-0.1, -0.05) is 6.07 Å². The summed E-state index contributed by atoms with van der Waals surface area (Å²) in [6.07, 6.45) is 3.84. The lowest BCUT2D eigenvalue weighted by atomic mass is 10.1. The molecule has 0 aliphatic heterocycles. The second-order valence-corrected chi connectivity index (χ2v) is 7.98. The summed E-state index contributed by atoms with van der Waals surface area (Å²) in [6.45, 7) is 4.06. The number of nitrogens with zero attached hydrogens (tertiary/aromatic N) is 1. The van der Waals surface area contributed by atoms with Crippen molar-refractivity contribution in [3.63, 3.8) is 0 Å². The lowest BCUT2D eigenvalue weighted by molar-refractivity contribution is -0.116. The molecule has 4 rings (SSSR count). The molecule has 1 aromatic carbocycles. The highest BCUT2D eigenvalue weighted by molar-refractivity contribution is 7.18. The van der Waals surface area contributed by atoms with Crippen molar-refractivity contribution in [2.24, 2.45) is 0 Å². The van der Waals surface area contributed by atoms with Crippen LogP contribution in [0.4, 0.5) is 5.69 Å². The van der Waals surface area contributed by atoms with Crippen LogP contribution in [0.2, 0.25) is 0 Å². The molecule has 5 nitrogen and oxygen atoms in total. The van der Waals surface area contributed by atoms with Gasteiger partial charge in [0.05, 0.1) is 5.39 Å². The first kappa shape index (κ1) is 17.0. The Bertz CT molecular complexity index is 1060. The van der Waals surface area contributed by atoms with Crippen LogP contribution in [-0.2, 0) is 24.1 Å². The Balaban J connectivity index is 1.46. The van der Waals surface area contributed by atoms with Gasteiger partial charge in [-0.05, 0) is 61.9 Å². The summed E-state index contributed by atoms with van der Waals surface area (Å²) in [5.74, 6) is 0.502. The molecule has 134 valence electrons. The summed E-state index contributed by atoms with van der Waals surface area (Å²) in [7, 11) is 0. The molecule has 3 aromatic rings. The molecule has 0 fully saturated rings. The highest BCUT2D eigenvalue weighted by atomic mass is 32.1. The number of anilines is 1. The summed E-state index contributed by atoms with van der Waals surface area (Å²) in [5, 5.41) is 3.66. The Kier molecular flexibility index (Phi) is 4.36. The number of fused-ring (bicyclic) bond motifs is 3. The Morgan fingerprint density at radius 3 is 2.92 bits per heavy atom. The van der Waals surface area contributed by atoms with Gasteiger partial charge in [0.15, 0.2) is 0 Å². The molecule has 2 N–H and O–H groups in total. The zero-order valence-electron chi connectivity index (χ0n) is 14.9. The highest BCUT2D eigenvalue weighted by Crippen LogP contribution is 2.34. The minimum atomic E-state index is -0.0790. The van der Waals surface area contributed by atoms with Gasteiger partial charge in [0.1, 0.15) is 10.7 Å². The summed E-state index contributed by atoms with van der Waals surface area (Å²) in [4.78, 5) is 34.2. The minimum absolute atomic E-state index is 0.0704. The quantitative estimate of drug-likeness (QED) is 0.739. The monoisotopic (exact) mass is 367 g/mol. The van der Waals surface area contributed by atoms with Gasteiger partial charge in [-0.2, -0.15) is 0 Å². The standard InChI is InChI=1S/C20H21N3O2S/c1-11-6-7-13(10-12(11)2)21-17(24)9-8-16-22-19(25)18-14-4-3-5-15(14)26-20(18)23-16/h6-7,10H,3-5,8-9H2,1-2H3,(H,21,24)(H,22,23,25). The van der Waals surface area contributed by atoms with Crippen molar-refractivity contribution >= 4 is 33.1 Å². The molecule has 1 aliphatic rings. The normalized spacial score (nSPS) is 13.2. The molecule has 0 spiro atoms. The van der Waals surface area contributed by atoms with Gasteiger partial charge in [-0.3, -0.25) is 9.59 Å². The molecule has 0 saturated heterocycles. The molecule has 0 bridgehead atoms. The molecule has 0 saturated carbocycles. The zero-order valence-corrected chi connectivity index (χ0v) is 15.8. The third kappa shape index (κ3) is 3.17. The average molecular weight is 367 g/mol. The van der Waals surface area contributed by atoms with Gasteiger partial charge in [0.2, 0.25) is 5.91 Å². The van der Waals surface area contributed by atoms with Crippen LogP contribution in [0.5, 0.6) is 0 Å². The van der Waals surface area contributed by atoms with E-state index in [0.29, 0.717) is 12.2 Å². The van der Waals surface area contributed by atoms with E-state index in [0.717, 1.165) is 40.7 Å². The molecule has 0 radical (unpaired) electrons. The van der Waals surface area contributed by atoms with E-state index in [1.807, 2.05) is 32.0 Å². The van der Waals surface area contributed by atoms with Crippen LogP contribution in [0.3, 0.4) is 0 Å². The van der Waals surface area contributed by atoms with E-state index >= 15 is 0 Å². The van der Waals surface area contributed by atoms with Gasteiger partial charge in [0, 0.05) is 23.4 Å². The summed E-state index contributed by atoms with van der Waals surface area (Å²) in [5.41, 5.74) is 4.24. The number of thiophene rings is 1. The third-order valence-corrected chi connectivity index (χ3v) is 6.19. The molecule has 6 heteroatoms. The lowest BCUT2D eigenvalue weighted by Gasteiger charge is -2.07. The summed E-state index contributed by atoms with van der Waals surface area (Å²) >= 11 is 1.62. The predicted octanol–water partition coefficient (Wildman–Crippen LogP) is 3.66. The van der Waals surface area contributed by atoms with Crippen LogP contribution in [0.25, 0.3) is 10.2 Å². The number of H-pyrrole nitrogens is 1. The molecule has 26 heavy (non-hydrogen) atoms. The van der Waals surface area contributed by atoms with Crippen LogP contribution in [0.15, 0.2) is 23.0 Å². The Labute approximate surface area is 155 Å². The van der Waals surface area contributed by atoms with Crippen molar-refractivity contribution in [2.75, 3.05) is 5.32 Å². The number of aromatic nitrogens is 2. The molecular weight excluding hydrogens is 346 g/mol. The second-order valence-electron chi connectivity index (χ2n) is 6.90. The number of carbonyl (C=O) groups is 1. The summed E-state index contributed by atoms with van der Waals surface area (Å²) in [6, 6.07) is 5.86.